The van der Waals surface area contributed by atoms with E-state index in [0.717, 1.165) is 55.4 Å². The van der Waals surface area contributed by atoms with Crippen LogP contribution in [-0.2, 0) is 0 Å². The molecule has 0 amide bonds. The second kappa shape index (κ2) is 12.1. The molecule has 0 spiro atoms. The van der Waals surface area contributed by atoms with E-state index in [0.29, 0.717) is 17.5 Å². The third-order valence-corrected chi connectivity index (χ3v) is 10.4. The molecular weight excluding hydrogens is 661 g/mol. The van der Waals surface area contributed by atoms with Crippen LogP contribution in [0.3, 0.4) is 0 Å². The third kappa shape index (κ3) is 4.90. The van der Waals surface area contributed by atoms with Crippen LogP contribution in [0.2, 0.25) is 0 Å². The number of aromatic nitrogens is 4. The van der Waals surface area contributed by atoms with Gasteiger partial charge in [0.1, 0.15) is 11.2 Å². The van der Waals surface area contributed by atoms with Gasteiger partial charge in [0.2, 0.25) is 0 Å². The molecule has 0 saturated heterocycles. The summed E-state index contributed by atoms with van der Waals surface area (Å²) in [4.78, 5) is 14.9. The molecule has 0 fully saturated rings. The fraction of sp³-hybridized carbons (Fsp3) is 0. The van der Waals surface area contributed by atoms with Crippen molar-refractivity contribution in [3.8, 4) is 51.0 Å². The molecule has 0 N–H and O–H groups in total. The predicted molar refractivity (Wildman–Crippen MR) is 221 cm³/mol. The third-order valence-electron chi connectivity index (χ3n) is 10.4. The molecule has 3 aromatic heterocycles. The first-order valence-corrected chi connectivity index (χ1v) is 18.1. The van der Waals surface area contributed by atoms with E-state index < -0.39 is 0 Å². The summed E-state index contributed by atoms with van der Waals surface area (Å²) in [7, 11) is 0. The maximum Gasteiger partial charge on any atom is 0.164 e. The lowest BCUT2D eigenvalue weighted by atomic mass is 9.97. The normalized spacial score (nSPS) is 11.7. The summed E-state index contributed by atoms with van der Waals surface area (Å²) in [6.45, 7) is 0. The first kappa shape index (κ1) is 30.3. The van der Waals surface area contributed by atoms with Crippen molar-refractivity contribution < 1.29 is 4.42 Å². The van der Waals surface area contributed by atoms with Crippen LogP contribution in [0.4, 0.5) is 0 Å². The van der Waals surface area contributed by atoms with Crippen LogP contribution in [0.1, 0.15) is 0 Å². The van der Waals surface area contributed by atoms with Crippen LogP contribution < -0.4 is 0 Å². The van der Waals surface area contributed by atoms with Gasteiger partial charge >= 0.3 is 0 Å². The smallest absolute Gasteiger partial charge is 0.164 e. The zero-order valence-electron chi connectivity index (χ0n) is 29.0. The quantitative estimate of drug-likeness (QED) is 0.180. The lowest BCUT2D eigenvalue weighted by molar-refractivity contribution is 0.669. The summed E-state index contributed by atoms with van der Waals surface area (Å²) in [5, 5.41) is 7.06. The van der Waals surface area contributed by atoms with E-state index in [1.807, 2.05) is 60.7 Å². The number of hydrogen-bond donors (Lipinski definition) is 0. The Kier molecular flexibility index (Phi) is 6.79. The van der Waals surface area contributed by atoms with Crippen molar-refractivity contribution in [3.05, 3.63) is 182 Å². The van der Waals surface area contributed by atoms with E-state index in [4.69, 9.17) is 19.4 Å². The Balaban J connectivity index is 1.09. The lowest BCUT2D eigenvalue weighted by Crippen LogP contribution is -2.00. The van der Waals surface area contributed by atoms with E-state index >= 15 is 0 Å². The Morgan fingerprint density at radius 3 is 1.74 bits per heavy atom. The van der Waals surface area contributed by atoms with Crippen LogP contribution >= 0.6 is 0 Å². The van der Waals surface area contributed by atoms with Gasteiger partial charge in [-0.05, 0) is 70.4 Å². The highest BCUT2D eigenvalue weighted by Gasteiger charge is 2.18. The molecule has 0 unspecified atom stereocenters. The molecular formula is C49H30N4O. The average Bonchev–Trinajstić information content (AvgIpc) is 3.78. The van der Waals surface area contributed by atoms with Crippen molar-refractivity contribution >= 4 is 54.5 Å². The average molecular weight is 691 g/mol. The molecule has 0 bridgehead atoms. The predicted octanol–water partition coefficient (Wildman–Crippen LogP) is 12.7. The van der Waals surface area contributed by atoms with Gasteiger partial charge < -0.3 is 8.98 Å². The van der Waals surface area contributed by atoms with Crippen LogP contribution in [-0.4, -0.2) is 19.5 Å². The van der Waals surface area contributed by atoms with Gasteiger partial charge in [-0.15, -0.1) is 0 Å². The molecule has 5 heteroatoms. The van der Waals surface area contributed by atoms with Gasteiger partial charge in [0.25, 0.3) is 0 Å². The molecule has 54 heavy (non-hydrogen) atoms. The summed E-state index contributed by atoms with van der Waals surface area (Å²) >= 11 is 0. The summed E-state index contributed by atoms with van der Waals surface area (Å²) in [6.07, 6.45) is 0. The molecule has 5 nitrogen and oxygen atoms in total. The summed E-state index contributed by atoms with van der Waals surface area (Å²) in [5.74, 6) is 1.90. The number of hydrogen-bond acceptors (Lipinski definition) is 4. The van der Waals surface area contributed by atoms with Crippen LogP contribution in [0.15, 0.2) is 186 Å². The summed E-state index contributed by atoms with van der Waals surface area (Å²) in [5.41, 5.74) is 10.1. The molecule has 8 aromatic carbocycles. The van der Waals surface area contributed by atoms with Crippen molar-refractivity contribution in [3.63, 3.8) is 0 Å². The van der Waals surface area contributed by atoms with Gasteiger partial charge in [-0.3, -0.25) is 0 Å². The first-order valence-electron chi connectivity index (χ1n) is 18.1. The molecule has 3 heterocycles. The highest BCUT2D eigenvalue weighted by Crippen LogP contribution is 2.40. The second-order valence-electron chi connectivity index (χ2n) is 13.6. The number of nitrogens with zero attached hydrogens (tertiary/aromatic N) is 4. The number of fused-ring (bicyclic) bond motifs is 7. The Labute approximate surface area is 310 Å². The van der Waals surface area contributed by atoms with Gasteiger partial charge in [-0.1, -0.05) is 133 Å². The number of para-hydroxylation sites is 1. The van der Waals surface area contributed by atoms with Crippen molar-refractivity contribution in [1.82, 2.24) is 19.5 Å². The molecule has 0 radical (unpaired) electrons. The van der Waals surface area contributed by atoms with Crippen molar-refractivity contribution in [2.75, 3.05) is 0 Å². The van der Waals surface area contributed by atoms with Crippen molar-refractivity contribution in [1.29, 1.82) is 0 Å². The van der Waals surface area contributed by atoms with Crippen molar-refractivity contribution in [2.24, 2.45) is 0 Å². The SMILES string of the molecule is c1ccc(-c2nc(-c3ccccc3)nc(-c3cccc(-c4cccc5oc6ccc(-n7c8ccccc8c8cc9ccccc9cc87)cc6c45)c3)n2)cc1. The standard InChI is InChI=1S/C49H30N4O/c1-3-13-31(14-4-1)47-50-48(32-15-5-2-6-16-32)52-49(51-47)36-20-11-19-35(27-36)38-22-12-24-45-46(38)41-30-37(25-26-44(41)54-45)53-42-23-10-9-21-39(42)40-28-33-17-7-8-18-34(33)29-43(40)53/h1-30H. The van der Waals surface area contributed by atoms with E-state index in [2.05, 4.69) is 126 Å². The Bertz CT molecular complexity index is 3160. The molecule has 0 aliphatic carbocycles. The largest absolute Gasteiger partial charge is 0.456 e. The van der Waals surface area contributed by atoms with Gasteiger partial charge in [0, 0.05) is 43.9 Å². The van der Waals surface area contributed by atoms with Gasteiger partial charge in [-0.2, -0.15) is 0 Å². The maximum absolute atomic E-state index is 6.52. The molecule has 0 saturated carbocycles. The number of benzene rings is 8. The van der Waals surface area contributed by atoms with Gasteiger partial charge in [0.15, 0.2) is 17.5 Å². The monoisotopic (exact) mass is 690 g/mol. The molecule has 11 rings (SSSR count). The summed E-state index contributed by atoms with van der Waals surface area (Å²) < 4.78 is 8.90. The first-order chi connectivity index (χ1) is 26.7. The highest BCUT2D eigenvalue weighted by molar-refractivity contribution is 6.15. The number of furan rings is 1. The van der Waals surface area contributed by atoms with Crippen LogP contribution in [0.25, 0.3) is 105 Å². The molecule has 252 valence electrons. The Morgan fingerprint density at radius 1 is 0.370 bits per heavy atom. The van der Waals surface area contributed by atoms with E-state index in [1.165, 1.54) is 32.6 Å². The molecule has 11 aromatic rings. The minimum Gasteiger partial charge on any atom is -0.456 e. The minimum absolute atomic E-state index is 0.620. The lowest BCUT2D eigenvalue weighted by Gasteiger charge is -2.11. The Hall–Kier alpha value is -7.37. The van der Waals surface area contributed by atoms with E-state index in [-0.39, 0.29) is 0 Å². The molecule has 0 aliphatic rings. The summed E-state index contributed by atoms with van der Waals surface area (Å²) in [6, 6.07) is 63.4. The van der Waals surface area contributed by atoms with Gasteiger partial charge in [0.05, 0.1) is 11.0 Å². The fourth-order valence-electron chi connectivity index (χ4n) is 7.89. The van der Waals surface area contributed by atoms with Crippen molar-refractivity contribution in [2.45, 2.75) is 0 Å². The maximum atomic E-state index is 6.52. The van der Waals surface area contributed by atoms with E-state index in [1.54, 1.807) is 0 Å². The fourth-order valence-corrected chi connectivity index (χ4v) is 7.89. The van der Waals surface area contributed by atoms with Crippen LogP contribution in [0.5, 0.6) is 0 Å². The second-order valence-corrected chi connectivity index (χ2v) is 13.6. The van der Waals surface area contributed by atoms with Crippen LogP contribution in [0, 0.1) is 0 Å². The zero-order chi connectivity index (χ0) is 35.6. The minimum atomic E-state index is 0.620. The highest BCUT2D eigenvalue weighted by atomic mass is 16.3. The molecule has 0 aliphatic heterocycles. The zero-order valence-corrected chi connectivity index (χ0v) is 29.0. The van der Waals surface area contributed by atoms with E-state index in [9.17, 15) is 0 Å². The van der Waals surface area contributed by atoms with Gasteiger partial charge in [-0.25, -0.2) is 15.0 Å². The Morgan fingerprint density at radius 2 is 0.981 bits per heavy atom. The number of rotatable bonds is 5. The molecule has 0 atom stereocenters. The topological polar surface area (TPSA) is 56.7 Å².